The van der Waals surface area contributed by atoms with Crippen LogP contribution in [0, 0.1) is 0 Å². The van der Waals surface area contributed by atoms with E-state index in [9.17, 15) is 14.4 Å². The molecule has 0 saturated carbocycles. The fourth-order valence-electron chi connectivity index (χ4n) is 1.88. The number of carbonyl (C=O) groups is 1. The lowest BCUT2D eigenvalue weighted by molar-refractivity contribution is 0.0954. The molecular formula is C12H17Cl2N5O3. The van der Waals surface area contributed by atoms with Gasteiger partial charge in [-0.25, -0.2) is 9.78 Å². The molecule has 2 aromatic heterocycles. The second-order valence-electron chi connectivity index (χ2n) is 4.35. The standard InChI is InChI=1S/C12H15N5O3.2ClH/c1-16-9-8(11(19)17(2)12(16)20)5-7(6-15-9)10(18)14-4-3-13;;/h5-6H,3-4,13H2,1-2H3,(H,14,18);2*1H. The van der Waals surface area contributed by atoms with Gasteiger partial charge in [0, 0.05) is 33.4 Å². The molecule has 10 heteroatoms. The second-order valence-corrected chi connectivity index (χ2v) is 4.35. The largest absolute Gasteiger partial charge is 0.351 e. The molecule has 0 spiro atoms. The molecule has 2 aromatic rings. The van der Waals surface area contributed by atoms with Crippen LogP contribution in [0.3, 0.4) is 0 Å². The SMILES string of the molecule is Cl.Cl.Cn1c(=O)c2cc(C(=O)NCCN)cnc2n(C)c1=O. The fraction of sp³-hybridized carbons (Fsp3) is 0.333. The van der Waals surface area contributed by atoms with E-state index in [1.807, 2.05) is 0 Å². The number of aryl methyl sites for hydroxylation is 1. The minimum atomic E-state index is -0.482. The quantitative estimate of drug-likeness (QED) is 0.750. The van der Waals surface area contributed by atoms with Crippen LogP contribution >= 0.6 is 24.8 Å². The summed E-state index contributed by atoms with van der Waals surface area (Å²) < 4.78 is 2.24. The Hall–Kier alpha value is -1.90. The second kappa shape index (κ2) is 7.92. The molecule has 0 aliphatic rings. The summed E-state index contributed by atoms with van der Waals surface area (Å²) in [4.78, 5) is 39.6. The third-order valence-electron chi connectivity index (χ3n) is 2.99. The molecule has 3 N–H and O–H groups in total. The zero-order valence-corrected chi connectivity index (χ0v) is 13.7. The molecule has 0 aromatic carbocycles. The van der Waals surface area contributed by atoms with E-state index >= 15 is 0 Å². The zero-order chi connectivity index (χ0) is 14.9. The van der Waals surface area contributed by atoms with E-state index in [0.29, 0.717) is 13.1 Å². The normalized spacial score (nSPS) is 9.77. The summed E-state index contributed by atoms with van der Waals surface area (Å²) in [5, 5.41) is 2.81. The number of amides is 1. The van der Waals surface area contributed by atoms with Gasteiger partial charge >= 0.3 is 5.69 Å². The Labute approximate surface area is 138 Å². The van der Waals surface area contributed by atoms with Gasteiger partial charge < -0.3 is 11.1 Å². The van der Waals surface area contributed by atoms with Crippen molar-refractivity contribution in [2.75, 3.05) is 13.1 Å². The van der Waals surface area contributed by atoms with Crippen LogP contribution in [-0.4, -0.2) is 33.1 Å². The van der Waals surface area contributed by atoms with Gasteiger partial charge in [-0.3, -0.25) is 18.7 Å². The van der Waals surface area contributed by atoms with Gasteiger partial charge in [0.2, 0.25) is 0 Å². The summed E-state index contributed by atoms with van der Waals surface area (Å²) in [5.41, 5.74) is 4.85. The first-order valence-electron chi connectivity index (χ1n) is 6.01. The van der Waals surface area contributed by atoms with Crippen molar-refractivity contribution in [2.45, 2.75) is 0 Å². The molecule has 0 fully saturated rings. The molecule has 1 amide bonds. The summed E-state index contributed by atoms with van der Waals surface area (Å²) in [7, 11) is 2.90. The van der Waals surface area contributed by atoms with Crippen molar-refractivity contribution in [1.29, 1.82) is 0 Å². The highest BCUT2D eigenvalue weighted by molar-refractivity contribution is 5.96. The van der Waals surface area contributed by atoms with Crippen molar-refractivity contribution >= 4 is 41.8 Å². The predicted octanol–water partition coefficient (Wildman–Crippen LogP) is -0.836. The van der Waals surface area contributed by atoms with Crippen LogP contribution in [0.5, 0.6) is 0 Å². The summed E-state index contributed by atoms with van der Waals surface area (Å²) in [5.74, 6) is -0.360. The lowest BCUT2D eigenvalue weighted by Gasteiger charge is -2.08. The highest BCUT2D eigenvalue weighted by Crippen LogP contribution is 2.07. The number of pyridine rings is 1. The van der Waals surface area contributed by atoms with E-state index in [0.717, 1.165) is 4.57 Å². The third kappa shape index (κ3) is 3.46. The lowest BCUT2D eigenvalue weighted by atomic mass is 10.2. The number of aromatic nitrogens is 3. The van der Waals surface area contributed by atoms with E-state index < -0.39 is 11.2 Å². The van der Waals surface area contributed by atoms with Crippen LogP contribution in [0.25, 0.3) is 11.0 Å². The van der Waals surface area contributed by atoms with Gasteiger partial charge in [-0.2, -0.15) is 0 Å². The van der Waals surface area contributed by atoms with Crippen LogP contribution in [0.15, 0.2) is 21.9 Å². The Balaban J connectivity index is 0.00000220. The summed E-state index contributed by atoms with van der Waals surface area (Å²) in [6.45, 7) is 0.658. The van der Waals surface area contributed by atoms with Gasteiger partial charge in [-0.15, -0.1) is 24.8 Å². The monoisotopic (exact) mass is 349 g/mol. The van der Waals surface area contributed by atoms with Crippen molar-refractivity contribution < 1.29 is 4.79 Å². The van der Waals surface area contributed by atoms with Crippen LogP contribution in [0.2, 0.25) is 0 Å². The summed E-state index contributed by atoms with van der Waals surface area (Å²) in [6, 6.07) is 1.43. The molecule has 0 radical (unpaired) electrons. The highest BCUT2D eigenvalue weighted by atomic mass is 35.5. The summed E-state index contributed by atoms with van der Waals surface area (Å²) in [6.07, 6.45) is 1.33. The smallest absolute Gasteiger partial charge is 0.332 e. The van der Waals surface area contributed by atoms with Gasteiger partial charge in [0.05, 0.1) is 10.9 Å². The van der Waals surface area contributed by atoms with Crippen molar-refractivity contribution in [3.63, 3.8) is 0 Å². The molecule has 2 heterocycles. The van der Waals surface area contributed by atoms with Gasteiger partial charge in [-0.1, -0.05) is 0 Å². The highest BCUT2D eigenvalue weighted by Gasteiger charge is 2.13. The Morgan fingerprint density at radius 3 is 2.50 bits per heavy atom. The molecular weight excluding hydrogens is 333 g/mol. The van der Waals surface area contributed by atoms with Gasteiger partial charge in [-0.05, 0) is 6.07 Å². The van der Waals surface area contributed by atoms with Gasteiger partial charge in [0.15, 0.2) is 0 Å². The average molecular weight is 350 g/mol. The molecule has 2 rings (SSSR count). The molecule has 0 atom stereocenters. The third-order valence-corrected chi connectivity index (χ3v) is 2.99. The van der Waals surface area contributed by atoms with Crippen LogP contribution in [-0.2, 0) is 14.1 Å². The lowest BCUT2D eigenvalue weighted by Crippen LogP contribution is -2.37. The topological polar surface area (TPSA) is 112 Å². The molecule has 8 nitrogen and oxygen atoms in total. The Kier molecular flexibility index (Phi) is 7.24. The summed E-state index contributed by atoms with van der Waals surface area (Å²) >= 11 is 0. The maximum atomic E-state index is 12.0. The Bertz CT molecular complexity index is 800. The van der Waals surface area contributed by atoms with E-state index in [2.05, 4.69) is 10.3 Å². The Morgan fingerprint density at radius 2 is 1.91 bits per heavy atom. The van der Waals surface area contributed by atoms with Crippen LogP contribution in [0.4, 0.5) is 0 Å². The minimum Gasteiger partial charge on any atom is -0.351 e. The number of nitrogens with two attached hydrogens (primary N) is 1. The average Bonchev–Trinajstić information content (AvgIpc) is 2.47. The van der Waals surface area contributed by atoms with Gasteiger partial charge in [0.25, 0.3) is 11.5 Å². The molecule has 0 unspecified atom stereocenters. The molecule has 0 saturated heterocycles. The number of fused-ring (bicyclic) bond motifs is 1. The van der Waals surface area contributed by atoms with Crippen molar-refractivity contribution in [2.24, 2.45) is 19.8 Å². The van der Waals surface area contributed by atoms with E-state index in [4.69, 9.17) is 5.73 Å². The van der Waals surface area contributed by atoms with E-state index in [-0.39, 0.29) is 47.3 Å². The molecule has 22 heavy (non-hydrogen) atoms. The van der Waals surface area contributed by atoms with Crippen LogP contribution < -0.4 is 22.3 Å². The fourth-order valence-corrected chi connectivity index (χ4v) is 1.88. The first-order valence-corrected chi connectivity index (χ1v) is 6.01. The Morgan fingerprint density at radius 1 is 1.27 bits per heavy atom. The van der Waals surface area contributed by atoms with E-state index in [1.54, 1.807) is 0 Å². The first kappa shape index (κ1) is 20.1. The number of nitrogens with zero attached hydrogens (tertiary/aromatic N) is 3. The zero-order valence-electron chi connectivity index (χ0n) is 12.0. The van der Waals surface area contributed by atoms with Crippen LogP contribution in [0.1, 0.15) is 10.4 Å². The van der Waals surface area contributed by atoms with Crippen molar-refractivity contribution in [3.8, 4) is 0 Å². The number of rotatable bonds is 3. The minimum absolute atomic E-state index is 0. The van der Waals surface area contributed by atoms with Gasteiger partial charge in [0.1, 0.15) is 5.65 Å². The first-order chi connectivity index (χ1) is 9.47. The number of hydrogen-bond acceptors (Lipinski definition) is 5. The number of halogens is 2. The number of carbonyl (C=O) groups excluding carboxylic acids is 1. The van der Waals surface area contributed by atoms with E-state index in [1.165, 1.54) is 30.9 Å². The maximum absolute atomic E-state index is 12.0. The number of hydrogen-bond donors (Lipinski definition) is 2. The molecule has 0 aliphatic carbocycles. The maximum Gasteiger partial charge on any atom is 0.332 e. The molecule has 0 bridgehead atoms. The van der Waals surface area contributed by atoms with Crippen molar-refractivity contribution in [1.82, 2.24) is 19.4 Å². The molecule has 0 aliphatic heterocycles. The predicted molar refractivity (Wildman–Crippen MR) is 88.1 cm³/mol. The van der Waals surface area contributed by atoms with Crippen molar-refractivity contribution in [3.05, 3.63) is 38.7 Å². The molecule has 122 valence electrons. The number of nitrogens with one attached hydrogen (secondary N) is 1.